The van der Waals surface area contributed by atoms with Crippen LogP contribution >= 0.6 is 0 Å². The van der Waals surface area contributed by atoms with E-state index in [-0.39, 0.29) is 25.2 Å². The van der Waals surface area contributed by atoms with Crippen molar-refractivity contribution in [3.05, 3.63) is 65.7 Å². The molecule has 2 aromatic carbocycles. The van der Waals surface area contributed by atoms with Crippen molar-refractivity contribution in [2.45, 2.75) is 13.0 Å². The number of nitrogens with one attached hydrogen (secondary N) is 1. The van der Waals surface area contributed by atoms with Gasteiger partial charge in [-0.05, 0) is 36.3 Å². The second-order valence-electron chi connectivity index (χ2n) is 6.00. The predicted octanol–water partition coefficient (Wildman–Crippen LogP) is 3.03. The predicted molar refractivity (Wildman–Crippen MR) is 107 cm³/mol. The quantitative estimate of drug-likeness (QED) is 0.519. The molecule has 0 saturated carbocycles. The van der Waals surface area contributed by atoms with E-state index in [1.165, 1.54) is 19.3 Å². The van der Waals surface area contributed by atoms with Gasteiger partial charge in [0.1, 0.15) is 6.07 Å². The summed E-state index contributed by atoms with van der Waals surface area (Å²) in [6, 6.07) is 16.2. The highest BCUT2D eigenvalue weighted by Gasteiger charge is 2.11. The molecule has 0 radical (unpaired) electrons. The highest BCUT2D eigenvalue weighted by Crippen LogP contribution is 2.28. The summed E-state index contributed by atoms with van der Waals surface area (Å²) >= 11 is 0. The molecule has 0 fully saturated rings. The Labute approximate surface area is 169 Å². The van der Waals surface area contributed by atoms with Gasteiger partial charge in [0, 0.05) is 6.08 Å². The van der Waals surface area contributed by atoms with Gasteiger partial charge in [0.25, 0.3) is 5.91 Å². The first-order valence-electron chi connectivity index (χ1n) is 8.90. The van der Waals surface area contributed by atoms with Crippen LogP contribution in [0.25, 0.3) is 6.08 Å². The van der Waals surface area contributed by atoms with E-state index in [9.17, 15) is 9.59 Å². The Bertz CT molecular complexity index is 903. The molecule has 0 aliphatic heterocycles. The fourth-order valence-corrected chi connectivity index (χ4v) is 2.47. The van der Waals surface area contributed by atoms with E-state index in [0.29, 0.717) is 17.1 Å². The van der Waals surface area contributed by atoms with Crippen LogP contribution in [0.3, 0.4) is 0 Å². The first-order valence-corrected chi connectivity index (χ1v) is 8.90. The average Bonchev–Trinajstić information content (AvgIpc) is 2.75. The summed E-state index contributed by atoms with van der Waals surface area (Å²) in [5, 5.41) is 11.3. The maximum absolute atomic E-state index is 11.9. The number of esters is 1. The van der Waals surface area contributed by atoms with E-state index in [4.69, 9.17) is 19.5 Å². The molecular formula is C22H22N2O5. The van der Waals surface area contributed by atoms with Crippen molar-refractivity contribution < 1.29 is 23.8 Å². The van der Waals surface area contributed by atoms with Gasteiger partial charge in [0.15, 0.2) is 24.7 Å². The Morgan fingerprint density at radius 3 is 2.62 bits per heavy atom. The van der Waals surface area contributed by atoms with Gasteiger partial charge in [-0.1, -0.05) is 36.4 Å². The molecule has 1 unspecified atom stereocenters. The van der Waals surface area contributed by atoms with Crippen LogP contribution in [0.5, 0.6) is 11.5 Å². The van der Waals surface area contributed by atoms with Crippen molar-refractivity contribution in [3.63, 3.8) is 0 Å². The summed E-state index contributed by atoms with van der Waals surface area (Å²) in [6.45, 7) is 1.39. The third-order valence-electron chi connectivity index (χ3n) is 3.91. The minimum absolute atomic E-state index is 0.0944. The van der Waals surface area contributed by atoms with Crippen molar-refractivity contribution in [1.29, 1.82) is 5.26 Å². The minimum Gasteiger partial charge on any atom is -0.493 e. The standard InChI is InChI=1S/C22H22N2O5/c1-16(18-6-4-3-5-7-18)24-21(25)15-29-22(26)11-9-17-8-10-19(28-13-12-23)20(14-17)27-2/h3-11,14,16H,13,15H2,1-2H3,(H,24,25)/b11-9+. The Morgan fingerprint density at radius 2 is 1.93 bits per heavy atom. The van der Waals surface area contributed by atoms with E-state index < -0.39 is 5.97 Å². The van der Waals surface area contributed by atoms with Crippen LogP contribution in [0.1, 0.15) is 24.1 Å². The van der Waals surface area contributed by atoms with Crippen LogP contribution in [0, 0.1) is 11.3 Å². The summed E-state index contributed by atoms with van der Waals surface area (Å²) in [4.78, 5) is 23.8. The highest BCUT2D eigenvalue weighted by molar-refractivity contribution is 5.89. The van der Waals surface area contributed by atoms with Crippen molar-refractivity contribution in [2.75, 3.05) is 20.3 Å². The fourth-order valence-electron chi connectivity index (χ4n) is 2.47. The van der Waals surface area contributed by atoms with Gasteiger partial charge >= 0.3 is 5.97 Å². The first-order chi connectivity index (χ1) is 14.0. The number of carbonyl (C=O) groups excluding carboxylic acids is 2. The van der Waals surface area contributed by atoms with E-state index in [2.05, 4.69) is 5.32 Å². The van der Waals surface area contributed by atoms with Gasteiger partial charge in [-0.25, -0.2) is 4.79 Å². The first kappa shape index (κ1) is 21.5. The molecule has 0 bridgehead atoms. The molecule has 7 heteroatoms. The molecule has 0 aliphatic carbocycles. The Balaban J connectivity index is 1.84. The lowest BCUT2D eigenvalue weighted by Gasteiger charge is -2.14. The van der Waals surface area contributed by atoms with E-state index >= 15 is 0 Å². The number of methoxy groups -OCH3 is 1. The van der Waals surface area contributed by atoms with Gasteiger partial charge in [0.05, 0.1) is 13.2 Å². The number of nitrogens with zero attached hydrogens (tertiary/aromatic N) is 1. The third-order valence-corrected chi connectivity index (χ3v) is 3.91. The summed E-state index contributed by atoms with van der Waals surface area (Å²) in [5.74, 6) is -0.164. The summed E-state index contributed by atoms with van der Waals surface area (Å²) < 4.78 is 15.4. The van der Waals surface area contributed by atoms with Gasteiger partial charge in [-0.15, -0.1) is 0 Å². The number of carbonyl (C=O) groups is 2. The Kier molecular flexibility index (Phi) is 8.27. The number of hydrogen-bond donors (Lipinski definition) is 1. The lowest BCUT2D eigenvalue weighted by atomic mass is 10.1. The van der Waals surface area contributed by atoms with Gasteiger partial charge in [0.2, 0.25) is 0 Å². The van der Waals surface area contributed by atoms with Gasteiger partial charge in [-0.3, -0.25) is 4.79 Å². The number of benzene rings is 2. The molecule has 1 N–H and O–H groups in total. The van der Waals surface area contributed by atoms with Gasteiger partial charge < -0.3 is 19.5 Å². The van der Waals surface area contributed by atoms with Crippen LogP contribution in [-0.4, -0.2) is 32.2 Å². The minimum atomic E-state index is -0.642. The SMILES string of the molecule is COc1cc(/C=C/C(=O)OCC(=O)NC(C)c2ccccc2)ccc1OCC#N. The second kappa shape index (κ2) is 11.1. The molecule has 0 spiro atoms. The maximum Gasteiger partial charge on any atom is 0.331 e. The number of rotatable bonds is 9. The Morgan fingerprint density at radius 1 is 1.17 bits per heavy atom. The summed E-state index contributed by atoms with van der Waals surface area (Å²) in [7, 11) is 1.48. The molecule has 0 aromatic heterocycles. The molecular weight excluding hydrogens is 372 g/mol. The molecule has 0 saturated heterocycles. The number of ether oxygens (including phenoxy) is 3. The molecule has 1 amide bonds. The molecule has 150 valence electrons. The van der Waals surface area contributed by atoms with Gasteiger partial charge in [-0.2, -0.15) is 5.26 Å². The third kappa shape index (κ3) is 7.03. The maximum atomic E-state index is 11.9. The largest absolute Gasteiger partial charge is 0.493 e. The normalized spacial score (nSPS) is 11.3. The zero-order valence-electron chi connectivity index (χ0n) is 16.3. The van der Waals surface area contributed by atoms with Crippen LogP contribution in [0.4, 0.5) is 0 Å². The molecule has 2 rings (SSSR count). The lowest BCUT2D eigenvalue weighted by Crippen LogP contribution is -2.30. The fraction of sp³-hybridized carbons (Fsp3) is 0.227. The van der Waals surface area contributed by atoms with Crippen LogP contribution in [0.2, 0.25) is 0 Å². The molecule has 0 heterocycles. The summed E-state index contributed by atoms with van der Waals surface area (Å²) in [5.41, 5.74) is 1.63. The topological polar surface area (TPSA) is 97.7 Å². The molecule has 29 heavy (non-hydrogen) atoms. The zero-order chi connectivity index (χ0) is 21.1. The highest BCUT2D eigenvalue weighted by atomic mass is 16.5. The monoisotopic (exact) mass is 394 g/mol. The number of nitriles is 1. The molecule has 1 atom stereocenters. The Hall–Kier alpha value is -3.79. The van der Waals surface area contributed by atoms with Crippen molar-refractivity contribution >= 4 is 18.0 Å². The number of amides is 1. The zero-order valence-corrected chi connectivity index (χ0v) is 16.3. The average molecular weight is 394 g/mol. The van der Waals surface area contributed by atoms with E-state index in [1.54, 1.807) is 18.2 Å². The van der Waals surface area contributed by atoms with E-state index in [1.807, 2.05) is 43.3 Å². The van der Waals surface area contributed by atoms with Crippen LogP contribution in [-0.2, 0) is 14.3 Å². The number of hydrogen-bond acceptors (Lipinski definition) is 6. The van der Waals surface area contributed by atoms with Crippen molar-refractivity contribution in [3.8, 4) is 17.6 Å². The molecule has 7 nitrogen and oxygen atoms in total. The lowest BCUT2D eigenvalue weighted by molar-refractivity contribution is -0.144. The van der Waals surface area contributed by atoms with Crippen LogP contribution < -0.4 is 14.8 Å². The smallest absolute Gasteiger partial charge is 0.331 e. The van der Waals surface area contributed by atoms with Crippen LogP contribution in [0.15, 0.2) is 54.6 Å². The van der Waals surface area contributed by atoms with Crippen molar-refractivity contribution in [1.82, 2.24) is 5.32 Å². The molecule has 0 aliphatic rings. The molecule has 2 aromatic rings. The summed E-state index contributed by atoms with van der Waals surface area (Å²) in [6.07, 6.45) is 2.75. The van der Waals surface area contributed by atoms with E-state index in [0.717, 1.165) is 5.56 Å². The van der Waals surface area contributed by atoms with Crippen molar-refractivity contribution in [2.24, 2.45) is 0 Å². The second-order valence-corrected chi connectivity index (χ2v) is 6.00.